The Bertz CT molecular complexity index is 598. The van der Waals surface area contributed by atoms with Crippen LogP contribution in [0.15, 0.2) is 30.3 Å². The predicted octanol–water partition coefficient (Wildman–Crippen LogP) is 3.14. The maximum Gasteiger partial charge on any atom is 0.264 e. The number of likely N-dealkylation sites (tertiary alicyclic amines) is 1. The minimum absolute atomic E-state index is 0.169. The summed E-state index contributed by atoms with van der Waals surface area (Å²) in [5, 5.41) is 0. The van der Waals surface area contributed by atoms with Crippen molar-refractivity contribution in [1.29, 1.82) is 0 Å². The van der Waals surface area contributed by atoms with Gasteiger partial charge in [-0.15, -0.1) is 0 Å². The molecule has 0 spiro atoms. The van der Waals surface area contributed by atoms with Gasteiger partial charge < -0.3 is 0 Å². The van der Waals surface area contributed by atoms with Gasteiger partial charge in [-0.25, -0.2) is 0 Å². The molecule has 22 heavy (non-hydrogen) atoms. The van der Waals surface area contributed by atoms with Crippen LogP contribution in [0, 0.1) is 0 Å². The summed E-state index contributed by atoms with van der Waals surface area (Å²) in [5.41, 5.74) is 0.792. The molecule has 1 saturated heterocycles. The quantitative estimate of drug-likeness (QED) is 0.780. The van der Waals surface area contributed by atoms with E-state index in [1.54, 1.807) is 0 Å². The van der Waals surface area contributed by atoms with Crippen LogP contribution in [0.3, 0.4) is 0 Å². The van der Waals surface area contributed by atoms with Gasteiger partial charge in [0, 0.05) is 11.1 Å². The molecule has 5 heteroatoms. The number of benzene rings is 1. The van der Waals surface area contributed by atoms with Gasteiger partial charge in [-0.05, 0) is 45.7 Å². The second-order valence-electron chi connectivity index (χ2n) is 7.00. The molecule has 4 nitrogen and oxygen atoms in total. The molecular formula is C17H27NO3S. The highest BCUT2D eigenvalue weighted by atomic mass is 32.2. The van der Waals surface area contributed by atoms with E-state index in [0.29, 0.717) is 0 Å². The average Bonchev–Trinajstić information content (AvgIpc) is 2.46. The van der Waals surface area contributed by atoms with Crippen molar-refractivity contribution in [3.8, 4) is 0 Å². The molecule has 0 amide bonds. The molecular weight excluding hydrogens is 298 g/mol. The molecule has 1 aliphatic heterocycles. The van der Waals surface area contributed by atoms with E-state index in [0.717, 1.165) is 32.1 Å². The van der Waals surface area contributed by atoms with E-state index in [4.69, 9.17) is 4.18 Å². The summed E-state index contributed by atoms with van der Waals surface area (Å²) in [6.45, 7) is 7.67. The third-order valence-electron chi connectivity index (χ3n) is 4.74. The average molecular weight is 325 g/mol. The van der Waals surface area contributed by atoms with Crippen molar-refractivity contribution >= 4 is 10.1 Å². The Labute approximate surface area is 134 Å². The van der Waals surface area contributed by atoms with Gasteiger partial charge in [-0.3, -0.25) is 9.08 Å². The molecule has 0 N–H and O–H groups in total. The Morgan fingerprint density at radius 2 is 1.86 bits per heavy atom. The zero-order valence-corrected chi connectivity index (χ0v) is 14.8. The zero-order chi connectivity index (χ0) is 16.4. The molecule has 0 bridgehead atoms. The van der Waals surface area contributed by atoms with Crippen molar-refractivity contribution in [2.24, 2.45) is 0 Å². The fraction of sp³-hybridized carbons (Fsp3) is 0.647. The van der Waals surface area contributed by atoms with Crippen LogP contribution in [0.25, 0.3) is 0 Å². The molecule has 1 heterocycles. The van der Waals surface area contributed by atoms with Crippen LogP contribution >= 0.6 is 0 Å². The third kappa shape index (κ3) is 3.89. The lowest BCUT2D eigenvalue weighted by atomic mass is 9.81. The predicted molar refractivity (Wildman–Crippen MR) is 89.2 cm³/mol. The van der Waals surface area contributed by atoms with Gasteiger partial charge >= 0.3 is 0 Å². The summed E-state index contributed by atoms with van der Waals surface area (Å²) in [7, 11) is -3.42. The molecule has 0 radical (unpaired) electrons. The minimum Gasteiger partial charge on any atom is -0.286 e. The molecule has 2 rings (SSSR count). The summed E-state index contributed by atoms with van der Waals surface area (Å²) >= 11 is 0. The van der Waals surface area contributed by atoms with Crippen LogP contribution in [-0.4, -0.2) is 38.3 Å². The van der Waals surface area contributed by atoms with Gasteiger partial charge in [0.15, 0.2) is 0 Å². The van der Waals surface area contributed by atoms with Crippen LogP contribution in [-0.2, 0) is 19.8 Å². The number of nitrogens with zero attached hydrogens (tertiary/aromatic N) is 1. The Hall–Kier alpha value is -0.910. The minimum atomic E-state index is -3.42. The summed E-state index contributed by atoms with van der Waals surface area (Å²) < 4.78 is 28.0. The molecule has 1 fully saturated rings. The van der Waals surface area contributed by atoms with E-state index in [2.05, 4.69) is 37.8 Å². The lowest BCUT2D eigenvalue weighted by Crippen LogP contribution is -2.59. The maximum absolute atomic E-state index is 11.4. The van der Waals surface area contributed by atoms with Crippen LogP contribution in [0.2, 0.25) is 0 Å². The van der Waals surface area contributed by atoms with Crippen LogP contribution < -0.4 is 0 Å². The monoisotopic (exact) mass is 325 g/mol. The van der Waals surface area contributed by atoms with E-state index in [1.165, 1.54) is 5.56 Å². The van der Waals surface area contributed by atoms with Crippen molar-refractivity contribution in [1.82, 2.24) is 4.90 Å². The largest absolute Gasteiger partial charge is 0.286 e. The zero-order valence-electron chi connectivity index (χ0n) is 14.0. The fourth-order valence-electron chi connectivity index (χ4n) is 3.52. The first kappa shape index (κ1) is 17.4. The first-order chi connectivity index (χ1) is 10.2. The van der Waals surface area contributed by atoms with E-state index in [-0.39, 0.29) is 17.7 Å². The van der Waals surface area contributed by atoms with Crippen LogP contribution in [0.1, 0.15) is 45.6 Å². The van der Waals surface area contributed by atoms with Crippen molar-refractivity contribution in [2.45, 2.75) is 51.1 Å². The maximum atomic E-state index is 11.4. The van der Waals surface area contributed by atoms with Crippen molar-refractivity contribution in [3.05, 3.63) is 35.9 Å². The van der Waals surface area contributed by atoms with Crippen molar-refractivity contribution in [3.63, 3.8) is 0 Å². The lowest BCUT2D eigenvalue weighted by molar-refractivity contribution is -0.0484. The Kier molecular flexibility index (Phi) is 5.00. The highest BCUT2D eigenvalue weighted by molar-refractivity contribution is 7.85. The van der Waals surface area contributed by atoms with Gasteiger partial charge in [-0.1, -0.05) is 36.8 Å². The second kappa shape index (κ2) is 6.30. The molecule has 1 atom stereocenters. The summed E-state index contributed by atoms with van der Waals surface area (Å²) in [5.74, 6) is 0. The molecule has 1 aliphatic rings. The SMILES string of the molecule is CC(C)(c1ccccc1)N1CCCC[C@]1(C)COS(C)(=O)=O. The van der Waals surface area contributed by atoms with Gasteiger partial charge in [0.2, 0.25) is 0 Å². The molecule has 1 aromatic carbocycles. The molecule has 0 unspecified atom stereocenters. The molecule has 0 saturated carbocycles. The fourth-order valence-corrected chi connectivity index (χ4v) is 3.99. The molecule has 0 aliphatic carbocycles. The summed E-state index contributed by atoms with van der Waals surface area (Å²) in [6.07, 6.45) is 4.29. The first-order valence-electron chi connectivity index (χ1n) is 7.83. The lowest BCUT2D eigenvalue weighted by Gasteiger charge is -2.53. The van der Waals surface area contributed by atoms with E-state index in [9.17, 15) is 8.42 Å². The smallest absolute Gasteiger partial charge is 0.264 e. The van der Waals surface area contributed by atoms with Gasteiger partial charge in [0.05, 0.1) is 12.9 Å². The van der Waals surface area contributed by atoms with E-state index in [1.807, 2.05) is 18.2 Å². The normalized spacial score (nSPS) is 24.4. The summed E-state index contributed by atoms with van der Waals surface area (Å²) in [4.78, 5) is 2.41. The topological polar surface area (TPSA) is 46.6 Å². The molecule has 0 aromatic heterocycles. The Balaban J connectivity index is 2.29. The number of rotatable bonds is 5. The Morgan fingerprint density at radius 3 is 2.45 bits per heavy atom. The summed E-state index contributed by atoms with van der Waals surface area (Å²) in [6, 6.07) is 10.4. The standard InChI is InChI=1S/C17H27NO3S/c1-16(2,15-10-6-5-7-11-15)18-13-9-8-12-17(18,3)14-21-22(4,19)20/h5-7,10-11H,8-9,12-14H2,1-4H3/t17-/m1/s1. The highest BCUT2D eigenvalue weighted by Crippen LogP contribution is 2.39. The number of hydrogen-bond acceptors (Lipinski definition) is 4. The molecule has 1 aromatic rings. The van der Waals surface area contributed by atoms with Crippen LogP contribution in [0.4, 0.5) is 0 Å². The van der Waals surface area contributed by atoms with Crippen LogP contribution in [0.5, 0.6) is 0 Å². The number of hydrogen-bond donors (Lipinski definition) is 0. The van der Waals surface area contributed by atoms with Crippen molar-refractivity contribution < 1.29 is 12.6 Å². The van der Waals surface area contributed by atoms with Crippen molar-refractivity contribution in [2.75, 3.05) is 19.4 Å². The van der Waals surface area contributed by atoms with Gasteiger partial charge in [-0.2, -0.15) is 8.42 Å². The first-order valence-corrected chi connectivity index (χ1v) is 9.64. The Morgan fingerprint density at radius 1 is 1.23 bits per heavy atom. The second-order valence-corrected chi connectivity index (χ2v) is 8.64. The van der Waals surface area contributed by atoms with E-state index >= 15 is 0 Å². The van der Waals surface area contributed by atoms with E-state index < -0.39 is 10.1 Å². The molecule has 124 valence electrons. The van der Waals surface area contributed by atoms with Gasteiger partial charge in [0.1, 0.15) is 0 Å². The third-order valence-corrected chi connectivity index (χ3v) is 5.28. The number of piperidine rings is 1. The highest BCUT2D eigenvalue weighted by Gasteiger charge is 2.43. The van der Waals surface area contributed by atoms with Gasteiger partial charge in [0.25, 0.3) is 10.1 Å².